The molecule has 0 aromatic heterocycles. The lowest BCUT2D eigenvalue weighted by Crippen LogP contribution is -2.37. The van der Waals surface area contributed by atoms with E-state index in [0.29, 0.717) is 17.4 Å². The Morgan fingerprint density at radius 1 is 1.26 bits per heavy atom. The topological polar surface area (TPSA) is 83.5 Å². The molecule has 2 unspecified atom stereocenters. The molecule has 2 atom stereocenters. The molecule has 1 aromatic rings. The van der Waals surface area contributed by atoms with E-state index in [4.69, 9.17) is 16.7 Å². The largest absolute Gasteiger partial charge is 0.481 e. The first-order valence-corrected chi connectivity index (χ1v) is 11.1. The lowest BCUT2D eigenvalue weighted by molar-refractivity contribution is -0.137. The van der Waals surface area contributed by atoms with Gasteiger partial charge in [0.1, 0.15) is 0 Å². The maximum absolute atomic E-state index is 12.3. The molecule has 2 N–H and O–H groups in total. The molecule has 0 bridgehead atoms. The van der Waals surface area contributed by atoms with E-state index in [1.807, 2.05) is 6.08 Å². The average Bonchev–Trinajstić information content (AvgIpc) is 2.61. The number of hydrogen-bond donors (Lipinski definition) is 2. The number of sulfonamides is 1. The van der Waals surface area contributed by atoms with Gasteiger partial charge in [-0.25, -0.2) is 13.1 Å². The van der Waals surface area contributed by atoms with Gasteiger partial charge in [-0.15, -0.1) is 0 Å². The summed E-state index contributed by atoms with van der Waals surface area (Å²) in [4.78, 5) is 10.5. The van der Waals surface area contributed by atoms with Gasteiger partial charge in [0.05, 0.1) is 0 Å². The number of allylic oxidation sites excluding steroid dienone is 2. The Morgan fingerprint density at radius 3 is 2.70 bits per heavy atom. The minimum atomic E-state index is -3.50. The summed E-state index contributed by atoms with van der Waals surface area (Å²) in [6.07, 6.45) is 10.8. The highest BCUT2D eigenvalue weighted by atomic mass is 35.5. The van der Waals surface area contributed by atoms with Gasteiger partial charge in [-0.1, -0.05) is 42.3 Å². The van der Waals surface area contributed by atoms with Crippen LogP contribution in [-0.4, -0.2) is 25.5 Å². The van der Waals surface area contributed by atoms with Crippen LogP contribution in [0.5, 0.6) is 0 Å². The maximum Gasteiger partial charge on any atom is 0.303 e. The lowest BCUT2D eigenvalue weighted by Gasteiger charge is -2.27. The van der Waals surface area contributed by atoms with E-state index < -0.39 is 16.0 Å². The van der Waals surface area contributed by atoms with Gasteiger partial charge in [0.25, 0.3) is 0 Å². The third-order valence-electron chi connectivity index (χ3n) is 4.53. The number of nitrogens with one attached hydrogen (secondary N) is 1. The molecule has 0 heterocycles. The number of halogens is 1. The van der Waals surface area contributed by atoms with Crippen LogP contribution >= 0.6 is 11.6 Å². The summed E-state index contributed by atoms with van der Waals surface area (Å²) >= 11 is 5.83. The Morgan fingerprint density at radius 2 is 2.00 bits per heavy atom. The second-order valence-electron chi connectivity index (χ2n) is 6.85. The highest BCUT2D eigenvalue weighted by Crippen LogP contribution is 2.26. The van der Waals surface area contributed by atoms with Crippen molar-refractivity contribution in [3.05, 3.63) is 52.4 Å². The zero-order valence-electron chi connectivity index (χ0n) is 15.2. The normalized spacial score (nSPS) is 21.1. The molecule has 1 aliphatic carbocycles. The molecule has 0 amide bonds. The molecule has 27 heavy (non-hydrogen) atoms. The van der Waals surface area contributed by atoms with E-state index in [2.05, 4.69) is 10.8 Å². The van der Waals surface area contributed by atoms with Crippen LogP contribution in [0.4, 0.5) is 0 Å². The summed E-state index contributed by atoms with van der Waals surface area (Å²) in [6.45, 7) is 0. The number of unbranched alkanes of at least 4 members (excludes halogenated alkanes) is 1. The number of benzene rings is 1. The minimum Gasteiger partial charge on any atom is -0.481 e. The Labute approximate surface area is 166 Å². The summed E-state index contributed by atoms with van der Waals surface area (Å²) in [7, 11) is -3.50. The third-order valence-corrected chi connectivity index (χ3v) is 5.93. The van der Waals surface area contributed by atoms with E-state index in [0.717, 1.165) is 37.7 Å². The van der Waals surface area contributed by atoms with E-state index in [9.17, 15) is 13.2 Å². The molecule has 1 aliphatic rings. The van der Waals surface area contributed by atoms with Gasteiger partial charge in [0.15, 0.2) is 0 Å². The van der Waals surface area contributed by atoms with Gasteiger partial charge in [-0.3, -0.25) is 4.79 Å². The predicted molar refractivity (Wildman–Crippen MR) is 109 cm³/mol. The zero-order valence-corrected chi connectivity index (χ0v) is 16.8. The second-order valence-corrected chi connectivity index (χ2v) is 8.89. The fourth-order valence-corrected chi connectivity index (χ4v) is 4.40. The molecule has 0 aliphatic heterocycles. The Balaban J connectivity index is 1.83. The molecule has 7 heteroatoms. The minimum absolute atomic E-state index is 0.0766. The van der Waals surface area contributed by atoms with Gasteiger partial charge in [-0.05, 0) is 61.8 Å². The van der Waals surface area contributed by atoms with Crippen molar-refractivity contribution in [1.29, 1.82) is 0 Å². The first-order valence-electron chi connectivity index (χ1n) is 9.18. The summed E-state index contributed by atoms with van der Waals surface area (Å²) in [5.74, 6) is -0.446. The Hall–Kier alpha value is -1.63. The molecular weight excluding hydrogens is 386 g/mol. The maximum atomic E-state index is 12.3. The van der Waals surface area contributed by atoms with Crippen molar-refractivity contribution in [2.75, 3.05) is 0 Å². The van der Waals surface area contributed by atoms with E-state index in [-0.39, 0.29) is 12.5 Å². The molecule has 1 saturated carbocycles. The van der Waals surface area contributed by atoms with Crippen molar-refractivity contribution >= 4 is 33.7 Å². The molecular formula is C20H26ClNO4S. The van der Waals surface area contributed by atoms with E-state index in [1.54, 1.807) is 30.3 Å². The van der Waals surface area contributed by atoms with Crippen LogP contribution in [0.3, 0.4) is 0 Å². The highest BCUT2D eigenvalue weighted by molar-refractivity contribution is 7.92. The van der Waals surface area contributed by atoms with Crippen LogP contribution in [0, 0.1) is 5.92 Å². The highest BCUT2D eigenvalue weighted by Gasteiger charge is 2.23. The van der Waals surface area contributed by atoms with Gasteiger partial charge in [-0.2, -0.15) is 0 Å². The zero-order chi connectivity index (χ0) is 19.7. The smallest absolute Gasteiger partial charge is 0.303 e. The monoisotopic (exact) mass is 411 g/mol. The summed E-state index contributed by atoms with van der Waals surface area (Å²) in [6, 6.07) is 6.89. The number of hydrogen-bond acceptors (Lipinski definition) is 3. The Kier molecular flexibility index (Phi) is 8.54. The molecule has 5 nitrogen and oxygen atoms in total. The fourth-order valence-electron chi connectivity index (χ4n) is 3.18. The number of carboxylic acid groups (broad SMARTS) is 1. The first kappa shape index (κ1) is 21.7. The lowest BCUT2D eigenvalue weighted by atomic mass is 9.86. The standard InChI is InChI=1S/C20H26ClNO4S/c21-18-11-9-16(10-12-18)13-14-27(25,26)22-19-7-4-6-17(15-19)5-2-1-3-8-20(23)24/h2,5,9-14,17,19,22H,1,3-4,6-8,15H2,(H,23,24)/b5-2+,14-13+. The molecule has 148 valence electrons. The van der Waals surface area contributed by atoms with Crippen LogP contribution in [-0.2, 0) is 14.8 Å². The van der Waals surface area contributed by atoms with Crippen LogP contribution in [0.15, 0.2) is 41.8 Å². The molecule has 0 saturated heterocycles. The second kappa shape index (κ2) is 10.6. The van der Waals surface area contributed by atoms with Crippen molar-refractivity contribution in [1.82, 2.24) is 4.72 Å². The van der Waals surface area contributed by atoms with Crippen LogP contribution < -0.4 is 4.72 Å². The van der Waals surface area contributed by atoms with E-state index in [1.165, 1.54) is 5.41 Å². The van der Waals surface area contributed by atoms with Gasteiger partial charge in [0, 0.05) is 22.9 Å². The summed E-state index contributed by atoms with van der Waals surface area (Å²) in [5, 5.41) is 10.4. The number of aliphatic carboxylic acids is 1. The number of rotatable bonds is 9. The summed E-state index contributed by atoms with van der Waals surface area (Å²) < 4.78 is 27.4. The molecule has 0 radical (unpaired) electrons. The van der Waals surface area contributed by atoms with Crippen LogP contribution in [0.1, 0.15) is 50.5 Å². The summed E-state index contributed by atoms with van der Waals surface area (Å²) in [5.41, 5.74) is 0.774. The number of carboxylic acids is 1. The van der Waals surface area contributed by atoms with Gasteiger partial charge in [0.2, 0.25) is 10.0 Å². The molecule has 1 fully saturated rings. The van der Waals surface area contributed by atoms with Crippen molar-refractivity contribution in [3.63, 3.8) is 0 Å². The molecule has 1 aromatic carbocycles. The van der Waals surface area contributed by atoms with Gasteiger partial charge < -0.3 is 5.11 Å². The van der Waals surface area contributed by atoms with Crippen LogP contribution in [0.25, 0.3) is 6.08 Å². The van der Waals surface area contributed by atoms with Gasteiger partial charge >= 0.3 is 5.97 Å². The van der Waals surface area contributed by atoms with E-state index >= 15 is 0 Å². The average molecular weight is 412 g/mol. The fraction of sp³-hybridized carbons (Fsp3) is 0.450. The molecule has 0 spiro atoms. The van der Waals surface area contributed by atoms with Crippen molar-refractivity contribution < 1.29 is 18.3 Å². The SMILES string of the molecule is O=C(O)CCC/C=C/C1CCCC(NS(=O)(=O)/C=C/c2ccc(Cl)cc2)C1. The quantitative estimate of drug-likeness (QED) is 0.459. The molecule has 2 rings (SSSR count). The van der Waals surface area contributed by atoms with Crippen molar-refractivity contribution in [2.24, 2.45) is 5.92 Å². The third kappa shape index (κ3) is 8.73. The first-order chi connectivity index (χ1) is 12.8. The predicted octanol–water partition coefficient (Wildman–Crippen LogP) is 4.60. The Bertz CT molecular complexity index is 772. The van der Waals surface area contributed by atoms with Crippen LogP contribution in [0.2, 0.25) is 5.02 Å². The number of carbonyl (C=O) groups is 1. The van der Waals surface area contributed by atoms with Crippen molar-refractivity contribution in [2.45, 2.75) is 51.0 Å². The van der Waals surface area contributed by atoms with Crippen molar-refractivity contribution in [3.8, 4) is 0 Å².